The van der Waals surface area contributed by atoms with E-state index in [1.54, 1.807) is 18.2 Å². The van der Waals surface area contributed by atoms with E-state index in [0.717, 1.165) is 6.42 Å². The Bertz CT molecular complexity index is 643. The molecule has 0 bridgehead atoms. The van der Waals surface area contributed by atoms with Crippen molar-refractivity contribution in [3.8, 4) is 0 Å². The summed E-state index contributed by atoms with van der Waals surface area (Å²) < 4.78 is 0. The van der Waals surface area contributed by atoms with E-state index in [1.807, 2.05) is 25.1 Å². The maximum atomic E-state index is 11.8. The van der Waals surface area contributed by atoms with Crippen LogP contribution in [0, 0.1) is 6.92 Å². The summed E-state index contributed by atoms with van der Waals surface area (Å²) in [4.78, 5) is 11.8. The third-order valence-corrected chi connectivity index (χ3v) is 3.34. The van der Waals surface area contributed by atoms with Gasteiger partial charge in [0.05, 0.1) is 10.7 Å². The zero-order valence-corrected chi connectivity index (χ0v) is 12.6. The number of benzene rings is 2. The molecule has 0 fully saturated rings. The first-order chi connectivity index (χ1) is 10.0. The van der Waals surface area contributed by atoms with Gasteiger partial charge in [-0.05, 0) is 37.1 Å². The van der Waals surface area contributed by atoms with Gasteiger partial charge in [-0.2, -0.15) is 0 Å². The van der Waals surface area contributed by atoms with Crippen LogP contribution in [0.2, 0.25) is 5.02 Å². The molecule has 2 rings (SSSR count). The van der Waals surface area contributed by atoms with E-state index < -0.39 is 0 Å². The molecular weight excluding hydrogens is 286 g/mol. The third kappa shape index (κ3) is 4.68. The molecule has 0 aliphatic carbocycles. The minimum absolute atomic E-state index is 0.283. The predicted octanol–water partition coefficient (Wildman–Crippen LogP) is 3.59. The standard InChI is InChI=1S/C16H18ClN3O/c1-11-3-2-4-12(9-11)7-8-19-16(21)20-15-6-5-13(18)10-14(15)17/h2-6,9-10H,7-8,18H2,1H3,(H2,19,20,21). The van der Waals surface area contributed by atoms with Gasteiger partial charge in [0.25, 0.3) is 0 Å². The number of hydrogen-bond acceptors (Lipinski definition) is 2. The van der Waals surface area contributed by atoms with Crippen LogP contribution in [0.15, 0.2) is 42.5 Å². The zero-order valence-electron chi connectivity index (χ0n) is 11.8. The minimum atomic E-state index is -0.283. The average Bonchev–Trinajstić information content (AvgIpc) is 2.42. The molecule has 0 atom stereocenters. The molecule has 0 unspecified atom stereocenters. The molecule has 2 amide bonds. The van der Waals surface area contributed by atoms with Gasteiger partial charge in [-0.1, -0.05) is 41.4 Å². The number of carbonyl (C=O) groups excluding carboxylic acids is 1. The zero-order chi connectivity index (χ0) is 15.2. The summed E-state index contributed by atoms with van der Waals surface area (Å²) >= 11 is 6.00. The van der Waals surface area contributed by atoms with Gasteiger partial charge in [-0.15, -0.1) is 0 Å². The van der Waals surface area contributed by atoms with E-state index in [9.17, 15) is 4.79 Å². The van der Waals surface area contributed by atoms with Gasteiger partial charge >= 0.3 is 6.03 Å². The van der Waals surface area contributed by atoms with Gasteiger partial charge in [-0.25, -0.2) is 4.79 Å². The maximum Gasteiger partial charge on any atom is 0.319 e. The second-order valence-corrected chi connectivity index (χ2v) is 5.27. The summed E-state index contributed by atoms with van der Waals surface area (Å²) in [6, 6.07) is 12.9. The highest BCUT2D eigenvalue weighted by Gasteiger charge is 2.05. The number of anilines is 2. The van der Waals surface area contributed by atoms with Crippen LogP contribution in [0.3, 0.4) is 0 Å². The molecule has 2 aromatic rings. The number of halogens is 1. The fourth-order valence-corrected chi connectivity index (χ4v) is 2.22. The molecule has 4 nitrogen and oxygen atoms in total. The number of nitrogen functional groups attached to an aromatic ring is 1. The van der Waals surface area contributed by atoms with Crippen molar-refractivity contribution >= 4 is 29.0 Å². The number of aryl methyl sites for hydroxylation is 1. The van der Waals surface area contributed by atoms with Crippen LogP contribution < -0.4 is 16.4 Å². The molecule has 0 saturated heterocycles. The number of nitrogens with two attached hydrogens (primary N) is 1. The molecule has 110 valence electrons. The SMILES string of the molecule is Cc1cccc(CCNC(=O)Nc2ccc(N)cc2Cl)c1. The van der Waals surface area contributed by atoms with Crippen LogP contribution in [0.5, 0.6) is 0 Å². The van der Waals surface area contributed by atoms with Gasteiger partial charge < -0.3 is 16.4 Å². The summed E-state index contributed by atoms with van der Waals surface area (Å²) in [6.07, 6.45) is 0.782. The number of nitrogens with one attached hydrogen (secondary N) is 2. The molecule has 0 radical (unpaired) electrons. The van der Waals surface area contributed by atoms with E-state index in [0.29, 0.717) is 22.9 Å². The highest BCUT2D eigenvalue weighted by Crippen LogP contribution is 2.23. The number of amides is 2. The van der Waals surface area contributed by atoms with Crippen LogP contribution in [-0.4, -0.2) is 12.6 Å². The topological polar surface area (TPSA) is 67.2 Å². The molecule has 0 aliphatic heterocycles. The normalized spacial score (nSPS) is 10.2. The lowest BCUT2D eigenvalue weighted by Crippen LogP contribution is -2.30. The summed E-state index contributed by atoms with van der Waals surface area (Å²) in [7, 11) is 0. The van der Waals surface area contributed by atoms with Crippen molar-refractivity contribution in [1.29, 1.82) is 0 Å². The molecule has 2 aromatic carbocycles. The molecular formula is C16H18ClN3O. The van der Waals surface area contributed by atoms with E-state index in [4.69, 9.17) is 17.3 Å². The van der Waals surface area contributed by atoms with Gasteiger partial charge in [0.2, 0.25) is 0 Å². The Labute approximate surface area is 129 Å². The highest BCUT2D eigenvalue weighted by atomic mass is 35.5. The first kappa shape index (κ1) is 15.2. The lowest BCUT2D eigenvalue weighted by molar-refractivity contribution is 0.252. The Morgan fingerprint density at radius 2 is 2.05 bits per heavy atom. The molecule has 5 heteroatoms. The Kier molecular flexibility index (Phi) is 5.06. The second-order valence-electron chi connectivity index (χ2n) is 4.86. The molecule has 0 saturated carbocycles. The fraction of sp³-hybridized carbons (Fsp3) is 0.188. The predicted molar refractivity (Wildman–Crippen MR) is 87.8 cm³/mol. The van der Waals surface area contributed by atoms with Gasteiger partial charge in [0, 0.05) is 12.2 Å². The monoisotopic (exact) mass is 303 g/mol. The fourth-order valence-electron chi connectivity index (χ4n) is 1.99. The molecule has 21 heavy (non-hydrogen) atoms. The number of carbonyl (C=O) groups is 1. The Balaban J connectivity index is 1.82. The van der Waals surface area contributed by atoms with Crippen molar-refractivity contribution in [2.45, 2.75) is 13.3 Å². The highest BCUT2D eigenvalue weighted by molar-refractivity contribution is 6.34. The van der Waals surface area contributed by atoms with Crippen molar-refractivity contribution in [1.82, 2.24) is 5.32 Å². The van der Waals surface area contributed by atoms with Crippen molar-refractivity contribution in [3.63, 3.8) is 0 Å². The lowest BCUT2D eigenvalue weighted by atomic mass is 10.1. The Morgan fingerprint density at radius 1 is 1.24 bits per heavy atom. The lowest BCUT2D eigenvalue weighted by Gasteiger charge is -2.09. The van der Waals surface area contributed by atoms with Gasteiger partial charge in [0.1, 0.15) is 0 Å². The smallest absolute Gasteiger partial charge is 0.319 e. The summed E-state index contributed by atoms with van der Waals surface area (Å²) in [6.45, 7) is 2.61. The molecule has 4 N–H and O–H groups in total. The molecule has 0 aliphatic rings. The maximum absolute atomic E-state index is 11.8. The Morgan fingerprint density at radius 3 is 2.76 bits per heavy atom. The summed E-state index contributed by atoms with van der Waals surface area (Å²) in [5.74, 6) is 0. The quantitative estimate of drug-likeness (QED) is 0.756. The molecule has 0 heterocycles. The van der Waals surface area contributed by atoms with Crippen molar-refractivity contribution in [2.75, 3.05) is 17.6 Å². The first-order valence-corrected chi connectivity index (χ1v) is 7.08. The number of urea groups is 1. The third-order valence-electron chi connectivity index (χ3n) is 3.02. The van der Waals surface area contributed by atoms with E-state index >= 15 is 0 Å². The molecule has 0 aromatic heterocycles. The first-order valence-electron chi connectivity index (χ1n) is 6.70. The summed E-state index contributed by atoms with van der Waals surface area (Å²) in [5, 5.41) is 5.92. The van der Waals surface area contributed by atoms with E-state index in [-0.39, 0.29) is 6.03 Å². The van der Waals surface area contributed by atoms with Crippen LogP contribution in [-0.2, 0) is 6.42 Å². The second kappa shape index (κ2) is 6.99. The largest absolute Gasteiger partial charge is 0.399 e. The van der Waals surface area contributed by atoms with Crippen LogP contribution in [0.4, 0.5) is 16.2 Å². The summed E-state index contributed by atoms with van der Waals surface area (Å²) in [5.41, 5.74) is 9.11. The van der Waals surface area contributed by atoms with Crippen molar-refractivity contribution in [3.05, 3.63) is 58.6 Å². The minimum Gasteiger partial charge on any atom is -0.399 e. The van der Waals surface area contributed by atoms with Crippen molar-refractivity contribution in [2.24, 2.45) is 0 Å². The van der Waals surface area contributed by atoms with Crippen LogP contribution in [0.1, 0.15) is 11.1 Å². The molecule has 0 spiro atoms. The van der Waals surface area contributed by atoms with E-state index in [2.05, 4.69) is 16.7 Å². The van der Waals surface area contributed by atoms with Crippen molar-refractivity contribution < 1.29 is 4.79 Å². The van der Waals surface area contributed by atoms with E-state index in [1.165, 1.54) is 11.1 Å². The average molecular weight is 304 g/mol. The van der Waals surface area contributed by atoms with Crippen LogP contribution >= 0.6 is 11.6 Å². The van der Waals surface area contributed by atoms with Crippen LogP contribution in [0.25, 0.3) is 0 Å². The van der Waals surface area contributed by atoms with Gasteiger partial charge in [-0.3, -0.25) is 0 Å². The Hall–Kier alpha value is -2.20. The number of hydrogen-bond donors (Lipinski definition) is 3. The number of rotatable bonds is 4. The van der Waals surface area contributed by atoms with Gasteiger partial charge in [0.15, 0.2) is 0 Å².